The zero-order valence-corrected chi connectivity index (χ0v) is 13.0. The van der Waals surface area contributed by atoms with Crippen LogP contribution in [-0.4, -0.2) is 18.0 Å². The molecule has 0 fully saturated rings. The monoisotopic (exact) mass is 302 g/mol. The van der Waals surface area contributed by atoms with Crippen molar-refractivity contribution in [3.05, 3.63) is 70.7 Å². The highest BCUT2D eigenvalue weighted by Gasteiger charge is 2.13. The van der Waals surface area contributed by atoms with Crippen molar-refractivity contribution in [1.29, 1.82) is 0 Å². The van der Waals surface area contributed by atoms with Crippen molar-refractivity contribution in [2.75, 3.05) is 7.05 Å². The van der Waals surface area contributed by atoms with Crippen molar-refractivity contribution < 1.29 is 4.79 Å². The number of hydrogen-bond acceptors (Lipinski definition) is 1. The normalized spacial score (nSPS) is 11.8. The van der Waals surface area contributed by atoms with Crippen LogP contribution in [0, 0.1) is 0 Å². The maximum absolute atomic E-state index is 12.2. The SMILES string of the molecule is C[C@@H](NC(=O)N(C)Cc1cccc(Cl)c1)c1ccccc1. The average molecular weight is 303 g/mol. The van der Waals surface area contributed by atoms with Gasteiger partial charge < -0.3 is 10.2 Å². The molecule has 4 heteroatoms. The van der Waals surface area contributed by atoms with E-state index >= 15 is 0 Å². The Kier molecular flexibility index (Phi) is 5.23. The molecule has 0 bridgehead atoms. The van der Waals surface area contributed by atoms with Crippen LogP contribution >= 0.6 is 11.6 Å². The number of nitrogens with zero attached hydrogens (tertiary/aromatic N) is 1. The summed E-state index contributed by atoms with van der Waals surface area (Å²) >= 11 is 5.95. The second kappa shape index (κ2) is 7.14. The van der Waals surface area contributed by atoms with E-state index in [2.05, 4.69) is 5.32 Å². The van der Waals surface area contributed by atoms with E-state index in [0.29, 0.717) is 11.6 Å². The molecule has 2 aromatic rings. The summed E-state index contributed by atoms with van der Waals surface area (Å²) in [7, 11) is 1.77. The fourth-order valence-corrected chi connectivity index (χ4v) is 2.31. The van der Waals surface area contributed by atoms with Gasteiger partial charge in [0, 0.05) is 18.6 Å². The Labute approximate surface area is 130 Å². The van der Waals surface area contributed by atoms with E-state index in [0.717, 1.165) is 11.1 Å². The van der Waals surface area contributed by atoms with Crippen molar-refractivity contribution in [2.45, 2.75) is 19.5 Å². The van der Waals surface area contributed by atoms with Gasteiger partial charge in [-0.25, -0.2) is 4.79 Å². The Hall–Kier alpha value is -2.00. The quantitative estimate of drug-likeness (QED) is 0.900. The fourth-order valence-electron chi connectivity index (χ4n) is 2.10. The van der Waals surface area contributed by atoms with E-state index in [1.807, 2.05) is 61.5 Å². The second-order valence-electron chi connectivity index (χ2n) is 5.07. The highest BCUT2D eigenvalue weighted by molar-refractivity contribution is 6.30. The van der Waals surface area contributed by atoms with Gasteiger partial charge in [-0.05, 0) is 30.2 Å². The third-order valence-electron chi connectivity index (χ3n) is 3.30. The molecule has 2 amide bonds. The highest BCUT2D eigenvalue weighted by Crippen LogP contribution is 2.14. The molecule has 0 spiro atoms. The minimum absolute atomic E-state index is 0.0273. The van der Waals surface area contributed by atoms with Gasteiger partial charge in [-0.2, -0.15) is 0 Å². The van der Waals surface area contributed by atoms with Crippen molar-refractivity contribution in [3.8, 4) is 0 Å². The highest BCUT2D eigenvalue weighted by atomic mass is 35.5. The molecule has 2 rings (SSSR count). The number of hydrogen-bond donors (Lipinski definition) is 1. The summed E-state index contributed by atoms with van der Waals surface area (Å²) < 4.78 is 0. The van der Waals surface area contributed by atoms with Gasteiger partial charge in [-0.15, -0.1) is 0 Å². The topological polar surface area (TPSA) is 32.3 Å². The molecule has 0 unspecified atom stereocenters. The number of rotatable bonds is 4. The predicted octanol–water partition coefficient (Wildman–Crippen LogP) is 4.24. The van der Waals surface area contributed by atoms with E-state index in [-0.39, 0.29) is 12.1 Å². The number of carbonyl (C=O) groups is 1. The number of amides is 2. The molecule has 0 aliphatic carbocycles. The molecule has 0 saturated carbocycles. The molecule has 0 aromatic heterocycles. The van der Waals surface area contributed by atoms with Gasteiger partial charge in [-0.1, -0.05) is 54.1 Å². The van der Waals surface area contributed by atoms with E-state index in [9.17, 15) is 4.79 Å². The summed E-state index contributed by atoms with van der Waals surface area (Å²) in [4.78, 5) is 13.8. The maximum Gasteiger partial charge on any atom is 0.317 e. The van der Waals surface area contributed by atoms with Gasteiger partial charge in [-0.3, -0.25) is 0 Å². The third kappa shape index (κ3) is 4.50. The summed E-state index contributed by atoms with van der Waals surface area (Å²) in [5, 5.41) is 3.66. The summed E-state index contributed by atoms with van der Waals surface area (Å²) in [5.41, 5.74) is 2.09. The first-order valence-electron chi connectivity index (χ1n) is 6.87. The summed E-state index contributed by atoms with van der Waals surface area (Å²) in [6.45, 7) is 2.49. The molecule has 2 aromatic carbocycles. The van der Waals surface area contributed by atoms with Crippen LogP contribution in [0.5, 0.6) is 0 Å². The lowest BCUT2D eigenvalue weighted by atomic mass is 10.1. The largest absolute Gasteiger partial charge is 0.331 e. The Balaban J connectivity index is 1.94. The van der Waals surface area contributed by atoms with E-state index in [1.165, 1.54) is 0 Å². The van der Waals surface area contributed by atoms with Gasteiger partial charge >= 0.3 is 6.03 Å². The van der Waals surface area contributed by atoms with Gasteiger partial charge in [0.2, 0.25) is 0 Å². The van der Waals surface area contributed by atoms with Gasteiger partial charge in [0.25, 0.3) is 0 Å². The number of halogens is 1. The molecular formula is C17H19ClN2O. The molecule has 0 heterocycles. The van der Waals surface area contributed by atoms with Crippen molar-refractivity contribution in [2.24, 2.45) is 0 Å². The second-order valence-corrected chi connectivity index (χ2v) is 5.50. The minimum Gasteiger partial charge on any atom is -0.331 e. The molecule has 0 radical (unpaired) electrons. The van der Waals surface area contributed by atoms with Gasteiger partial charge in [0.15, 0.2) is 0 Å². The van der Waals surface area contributed by atoms with E-state index in [1.54, 1.807) is 11.9 Å². The average Bonchev–Trinajstić information content (AvgIpc) is 2.48. The lowest BCUT2D eigenvalue weighted by molar-refractivity contribution is 0.203. The van der Waals surface area contributed by atoms with Crippen LogP contribution in [0.4, 0.5) is 4.79 Å². The van der Waals surface area contributed by atoms with Crippen molar-refractivity contribution in [3.63, 3.8) is 0 Å². The first-order chi connectivity index (χ1) is 10.1. The Morgan fingerprint density at radius 1 is 1.19 bits per heavy atom. The van der Waals surface area contributed by atoms with E-state index < -0.39 is 0 Å². The fraction of sp³-hybridized carbons (Fsp3) is 0.235. The molecule has 0 aliphatic heterocycles. The molecule has 1 atom stereocenters. The number of urea groups is 1. The molecule has 1 N–H and O–H groups in total. The lowest BCUT2D eigenvalue weighted by Gasteiger charge is -2.21. The zero-order chi connectivity index (χ0) is 15.2. The van der Waals surface area contributed by atoms with Gasteiger partial charge in [0.1, 0.15) is 0 Å². The van der Waals surface area contributed by atoms with Crippen LogP contribution in [0.25, 0.3) is 0 Å². The molecule has 0 saturated heterocycles. The van der Waals surface area contributed by atoms with Crippen LogP contribution in [-0.2, 0) is 6.54 Å². The Bertz CT molecular complexity index is 601. The maximum atomic E-state index is 12.2. The van der Waals surface area contributed by atoms with Crippen LogP contribution in [0.1, 0.15) is 24.1 Å². The smallest absolute Gasteiger partial charge is 0.317 e. The first kappa shape index (κ1) is 15.4. The van der Waals surface area contributed by atoms with Crippen LogP contribution in [0.2, 0.25) is 5.02 Å². The Morgan fingerprint density at radius 3 is 2.57 bits per heavy atom. The summed E-state index contributed by atoms with van der Waals surface area (Å²) in [6, 6.07) is 17.3. The minimum atomic E-state index is -0.105. The standard InChI is InChI=1S/C17H19ClN2O/c1-13(15-8-4-3-5-9-15)19-17(21)20(2)12-14-7-6-10-16(18)11-14/h3-11,13H,12H2,1-2H3,(H,19,21)/t13-/m1/s1. The lowest BCUT2D eigenvalue weighted by Crippen LogP contribution is -2.38. The van der Waals surface area contributed by atoms with Crippen molar-refractivity contribution in [1.82, 2.24) is 10.2 Å². The van der Waals surface area contributed by atoms with Crippen LogP contribution in [0.15, 0.2) is 54.6 Å². The molecule has 0 aliphatic rings. The van der Waals surface area contributed by atoms with Crippen molar-refractivity contribution >= 4 is 17.6 Å². The molecule has 3 nitrogen and oxygen atoms in total. The number of nitrogens with one attached hydrogen (secondary N) is 1. The molecule has 21 heavy (non-hydrogen) atoms. The molecule has 110 valence electrons. The summed E-state index contributed by atoms with van der Waals surface area (Å²) in [6.07, 6.45) is 0. The van der Waals surface area contributed by atoms with Gasteiger partial charge in [0.05, 0.1) is 6.04 Å². The number of benzene rings is 2. The Morgan fingerprint density at radius 2 is 1.90 bits per heavy atom. The number of carbonyl (C=O) groups excluding carboxylic acids is 1. The zero-order valence-electron chi connectivity index (χ0n) is 12.2. The third-order valence-corrected chi connectivity index (χ3v) is 3.53. The first-order valence-corrected chi connectivity index (χ1v) is 7.25. The van der Waals surface area contributed by atoms with E-state index in [4.69, 9.17) is 11.6 Å². The molecular weight excluding hydrogens is 284 g/mol. The summed E-state index contributed by atoms with van der Waals surface area (Å²) in [5.74, 6) is 0. The van der Waals surface area contributed by atoms with Crippen LogP contribution in [0.3, 0.4) is 0 Å². The van der Waals surface area contributed by atoms with Crippen LogP contribution < -0.4 is 5.32 Å². The predicted molar refractivity (Wildman–Crippen MR) is 86.3 cm³/mol.